The van der Waals surface area contributed by atoms with Crippen molar-refractivity contribution < 1.29 is 9.90 Å². The van der Waals surface area contributed by atoms with Crippen molar-refractivity contribution in [2.75, 3.05) is 6.61 Å². The van der Waals surface area contributed by atoms with E-state index in [-0.39, 0.29) is 18.6 Å². The highest BCUT2D eigenvalue weighted by Crippen LogP contribution is 1.98. The third-order valence-electron chi connectivity index (χ3n) is 1.87. The predicted octanol–water partition coefficient (Wildman–Crippen LogP) is 0.000900. The van der Waals surface area contributed by atoms with Crippen LogP contribution in [0.2, 0.25) is 0 Å². The van der Waals surface area contributed by atoms with Gasteiger partial charge in [-0.1, -0.05) is 19.8 Å². The van der Waals surface area contributed by atoms with Crippen molar-refractivity contribution in [1.82, 2.24) is 5.32 Å². The average molecular weight is 188 g/mol. The van der Waals surface area contributed by atoms with Gasteiger partial charge in [0.1, 0.15) is 0 Å². The summed E-state index contributed by atoms with van der Waals surface area (Å²) in [6.45, 7) is 3.75. The van der Waals surface area contributed by atoms with Crippen LogP contribution in [0.3, 0.4) is 0 Å². The van der Waals surface area contributed by atoms with Crippen LogP contribution >= 0.6 is 0 Å². The molecular weight excluding hydrogens is 168 g/mol. The van der Waals surface area contributed by atoms with Crippen molar-refractivity contribution in [1.29, 1.82) is 0 Å². The largest absolute Gasteiger partial charge is 0.394 e. The number of unbranched alkanes of at least 4 members (excludes halogenated alkanes) is 1. The van der Waals surface area contributed by atoms with Gasteiger partial charge in [-0.3, -0.25) is 4.79 Å². The van der Waals surface area contributed by atoms with Crippen molar-refractivity contribution in [2.45, 2.75) is 45.2 Å². The van der Waals surface area contributed by atoms with Gasteiger partial charge in [-0.05, 0) is 13.3 Å². The third kappa shape index (κ3) is 5.60. The molecule has 0 fully saturated rings. The van der Waals surface area contributed by atoms with E-state index in [0.717, 1.165) is 12.8 Å². The third-order valence-corrected chi connectivity index (χ3v) is 1.87. The molecule has 0 aliphatic carbocycles. The summed E-state index contributed by atoms with van der Waals surface area (Å²) in [5.74, 6) is -0.171. The van der Waals surface area contributed by atoms with E-state index in [2.05, 4.69) is 12.2 Å². The Hall–Kier alpha value is -0.610. The maximum absolute atomic E-state index is 11.3. The number of aliphatic hydroxyl groups excluding tert-OH is 1. The van der Waals surface area contributed by atoms with E-state index < -0.39 is 6.04 Å². The van der Waals surface area contributed by atoms with Crippen LogP contribution in [-0.4, -0.2) is 29.7 Å². The number of aliphatic hydroxyl groups is 1. The fraction of sp³-hybridized carbons (Fsp3) is 0.889. The zero-order valence-corrected chi connectivity index (χ0v) is 8.42. The van der Waals surface area contributed by atoms with Crippen molar-refractivity contribution >= 4 is 5.91 Å². The van der Waals surface area contributed by atoms with E-state index >= 15 is 0 Å². The summed E-state index contributed by atoms with van der Waals surface area (Å²) in [7, 11) is 0. The Balaban J connectivity index is 3.68. The van der Waals surface area contributed by atoms with E-state index in [1.54, 1.807) is 6.92 Å². The molecule has 0 heterocycles. The highest BCUT2D eigenvalue weighted by atomic mass is 16.3. The molecule has 0 radical (unpaired) electrons. The first-order valence-electron chi connectivity index (χ1n) is 4.78. The van der Waals surface area contributed by atoms with Crippen LogP contribution < -0.4 is 11.1 Å². The van der Waals surface area contributed by atoms with Gasteiger partial charge >= 0.3 is 0 Å². The van der Waals surface area contributed by atoms with Crippen LogP contribution in [0, 0.1) is 0 Å². The van der Waals surface area contributed by atoms with Gasteiger partial charge < -0.3 is 16.2 Å². The molecule has 4 N–H and O–H groups in total. The van der Waals surface area contributed by atoms with Crippen LogP contribution in [0.15, 0.2) is 0 Å². The maximum atomic E-state index is 11.3. The minimum Gasteiger partial charge on any atom is -0.394 e. The van der Waals surface area contributed by atoms with Gasteiger partial charge in [0.25, 0.3) is 0 Å². The minimum absolute atomic E-state index is 0.0494. The molecule has 0 bridgehead atoms. The first-order valence-corrected chi connectivity index (χ1v) is 4.78. The van der Waals surface area contributed by atoms with Crippen molar-refractivity contribution in [2.24, 2.45) is 5.73 Å². The standard InChI is InChI=1S/C9H20N2O2/c1-3-4-5-8(10)9(13)11-7(2)6-12/h7-8,12H,3-6,10H2,1-2H3,(H,11,13)/t7-,8-/m0/s1. The molecule has 4 heteroatoms. The van der Waals surface area contributed by atoms with Gasteiger partial charge in [0.15, 0.2) is 0 Å². The van der Waals surface area contributed by atoms with Crippen LogP contribution in [-0.2, 0) is 4.79 Å². The molecule has 0 aromatic carbocycles. The average Bonchev–Trinajstić information content (AvgIpc) is 2.13. The molecule has 0 saturated carbocycles. The van der Waals surface area contributed by atoms with E-state index in [0.29, 0.717) is 6.42 Å². The quantitative estimate of drug-likeness (QED) is 0.549. The Morgan fingerprint density at radius 3 is 2.69 bits per heavy atom. The van der Waals surface area contributed by atoms with Crippen LogP contribution in [0.4, 0.5) is 0 Å². The maximum Gasteiger partial charge on any atom is 0.237 e. The molecule has 0 aromatic heterocycles. The number of nitrogens with one attached hydrogen (secondary N) is 1. The zero-order chi connectivity index (χ0) is 10.3. The molecule has 1 amide bonds. The number of carbonyl (C=O) groups is 1. The molecule has 0 aliphatic heterocycles. The molecule has 0 aliphatic rings. The smallest absolute Gasteiger partial charge is 0.237 e. The Morgan fingerprint density at radius 2 is 2.23 bits per heavy atom. The van der Waals surface area contributed by atoms with E-state index in [9.17, 15) is 4.79 Å². The van der Waals surface area contributed by atoms with Crippen LogP contribution in [0.25, 0.3) is 0 Å². The predicted molar refractivity (Wildman–Crippen MR) is 52.2 cm³/mol. The fourth-order valence-corrected chi connectivity index (χ4v) is 0.951. The normalized spacial score (nSPS) is 15.1. The second-order valence-corrected chi connectivity index (χ2v) is 3.34. The molecule has 0 unspecified atom stereocenters. The monoisotopic (exact) mass is 188 g/mol. The molecule has 0 saturated heterocycles. The summed E-state index contributed by atoms with van der Waals surface area (Å²) in [6, 6.07) is -0.644. The Bertz CT molecular complexity index is 151. The second kappa shape index (κ2) is 6.86. The van der Waals surface area contributed by atoms with Gasteiger partial charge in [0.2, 0.25) is 5.91 Å². The van der Waals surface area contributed by atoms with Crippen LogP contribution in [0.5, 0.6) is 0 Å². The molecule has 2 atom stereocenters. The lowest BCUT2D eigenvalue weighted by atomic mass is 10.1. The van der Waals surface area contributed by atoms with Crippen LogP contribution in [0.1, 0.15) is 33.1 Å². The van der Waals surface area contributed by atoms with Gasteiger partial charge in [0.05, 0.1) is 12.6 Å². The topological polar surface area (TPSA) is 75.4 Å². The Kier molecular flexibility index (Phi) is 6.54. The van der Waals surface area contributed by atoms with Gasteiger partial charge in [-0.15, -0.1) is 0 Å². The lowest BCUT2D eigenvalue weighted by molar-refractivity contribution is -0.123. The molecule has 13 heavy (non-hydrogen) atoms. The van der Waals surface area contributed by atoms with E-state index in [1.165, 1.54) is 0 Å². The van der Waals surface area contributed by atoms with Crippen molar-refractivity contribution in [3.8, 4) is 0 Å². The lowest BCUT2D eigenvalue weighted by Crippen LogP contribution is -2.45. The lowest BCUT2D eigenvalue weighted by Gasteiger charge is -2.15. The Labute approximate surface area is 79.5 Å². The van der Waals surface area contributed by atoms with Gasteiger partial charge in [-0.2, -0.15) is 0 Å². The minimum atomic E-state index is -0.436. The van der Waals surface area contributed by atoms with Crippen molar-refractivity contribution in [3.05, 3.63) is 0 Å². The summed E-state index contributed by atoms with van der Waals surface area (Å²) in [6.07, 6.45) is 2.71. The number of rotatable bonds is 6. The fourth-order valence-electron chi connectivity index (χ4n) is 0.951. The Morgan fingerprint density at radius 1 is 1.62 bits per heavy atom. The summed E-state index contributed by atoms with van der Waals surface area (Å²) < 4.78 is 0. The molecule has 0 spiro atoms. The first-order chi connectivity index (χ1) is 6.11. The molecule has 0 aromatic rings. The molecule has 4 nitrogen and oxygen atoms in total. The van der Waals surface area contributed by atoms with Crippen molar-refractivity contribution in [3.63, 3.8) is 0 Å². The SMILES string of the molecule is CCCC[C@H](N)C(=O)N[C@@H](C)CO. The van der Waals surface area contributed by atoms with Gasteiger partial charge in [0, 0.05) is 6.04 Å². The summed E-state index contributed by atoms with van der Waals surface area (Å²) in [5, 5.41) is 11.3. The van der Waals surface area contributed by atoms with E-state index in [4.69, 9.17) is 10.8 Å². The number of nitrogens with two attached hydrogens (primary N) is 1. The van der Waals surface area contributed by atoms with Gasteiger partial charge in [-0.25, -0.2) is 0 Å². The second-order valence-electron chi connectivity index (χ2n) is 3.34. The number of hydrogen-bond acceptors (Lipinski definition) is 3. The summed E-state index contributed by atoms with van der Waals surface area (Å²) in [4.78, 5) is 11.3. The summed E-state index contributed by atoms with van der Waals surface area (Å²) >= 11 is 0. The molecular formula is C9H20N2O2. The number of amides is 1. The first kappa shape index (κ1) is 12.4. The zero-order valence-electron chi connectivity index (χ0n) is 8.42. The van der Waals surface area contributed by atoms with E-state index in [1.807, 2.05) is 0 Å². The highest BCUT2D eigenvalue weighted by molar-refractivity contribution is 5.81. The highest BCUT2D eigenvalue weighted by Gasteiger charge is 2.14. The summed E-state index contributed by atoms with van der Waals surface area (Å²) in [5.41, 5.74) is 5.61. The number of carbonyl (C=O) groups excluding carboxylic acids is 1. The number of hydrogen-bond donors (Lipinski definition) is 3. The molecule has 78 valence electrons. The molecule has 0 rings (SSSR count).